The van der Waals surface area contributed by atoms with Gasteiger partial charge in [-0.1, -0.05) is 39.8 Å². The smallest absolute Gasteiger partial charge is 0.230 e. The van der Waals surface area contributed by atoms with E-state index in [2.05, 4.69) is 36.4 Å². The molecule has 8 heteroatoms. The van der Waals surface area contributed by atoms with Crippen LogP contribution in [0.15, 0.2) is 33.9 Å². The molecule has 112 valence electrons. The van der Waals surface area contributed by atoms with Crippen LogP contribution in [0.4, 0.5) is 0 Å². The van der Waals surface area contributed by atoms with Crippen LogP contribution >= 0.6 is 27.7 Å². The second kappa shape index (κ2) is 8.16. The summed E-state index contributed by atoms with van der Waals surface area (Å²) in [6.45, 7) is 1.01. The Hall–Kier alpha value is -1.38. The lowest BCUT2D eigenvalue weighted by molar-refractivity contribution is -0.118. The van der Waals surface area contributed by atoms with Crippen LogP contribution in [0.25, 0.3) is 11.4 Å². The number of aromatic amines is 1. The zero-order valence-electron chi connectivity index (χ0n) is 11.4. The van der Waals surface area contributed by atoms with Gasteiger partial charge in [0.1, 0.15) is 0 Å². The molecular weight excluding hydrogens is 356 g/mol. The predicted octanol–water partition coefficient (Wildman–Crippen LogP) is 2.09. The number of nitrogens with one attached hydrogen (secondary N) is 2. The Balaban J connectivity index is 1.86. The molecule has 0 radical (unpaired) electrons. The van der Waals surface area contributed by atoms with Gasteiger partial charge in [0.05, 0.1) is 12.4 Å². The van der Waals surface area contributed by atoms with Crippen molar-refractivity contribution in [2.45, 2.75) is 5.16 Å². The fraction of sp³-hybridized carbons (Fsp3) is 0.308. The number of carbonyl (C=O) groups is 1. The van der Waals surface area contributed by atoms with Crippen molar-refractivity contribution < 1.29 is 9.53 Å². The molecule has 2 N–H and O–H groups in total. The van der Waals surface area contributed by atoms with Gasteiger partial charge in [-0.05, 0) is 12.1 Å². The lowest BCUT2D eigenvalue weighted by Gasteiger charge is -2.02. The van der Waals surface area contributed by atoms with Gasteiger partial charge in [0.2, 0.25) is 11.1 Å². The van der Waals surface area contributed by atoms with E-state index in [1.165, 1.54) is 11.8 Å². The van der Waals surface area contributed by atoms with E-state index in [1.807, 2.05) is 24.3 Å². The number of H-pyrrole nitrogens is 1. The highest BCUT2D eigenvalue weighted by Crippen LogP contribution is 2.20. The first kappa shape index (κ1) is 16.0. The van der Waals surface area contributed by atoms with Gasteiger partial charge < -0.3 is 10.1 Å². The van der Waals surface area contributed by atoms with Crippen LogP contribution < -0.4 is 5.32 Å². The molecule has 0 spiro atoms. The second-order valence-electron chi connectivity index (χ2n) is 4.10. The molecule has 0 fully saturated rings. The first-order chi connectivity index (χ1) is 10.2. The van der Waals surface area contributed by atoms with Crippen LogP contribution in [0.2, 0.25) is 0 Å². The van der Waals surface area contributed by atoms with Crippen LogP contribution in [0.3, 0.4) is 0 Å². The number of thioether (sulfide) groups is 1. The van der Waals surface area contributed by atoms with Gasteiger partial charge in [-0.3, -0.25) is 9.89 Å². The maximum atomic E-state index is 11.5. The molecule has 2 rings (SSSR count). The van der Waals surface area contributed by atoms with Crippen LogP contribution in [-0.4, -0.2) is 47.1 Å². The average molecular weight is 371 g/mol. The Bertz CT molecular complexity index is 588. The number of rotatable bonds is 7. The third-order valence-electron chi connectivity index (χ3n) is 2.54. The number of nitrogens with zero attached hydrogens (tertiary/aromatic N) is 2. The summed E-state index contributed by atoms with van der Waals surface area (Å²) in [7, 11) is 1.60. The molecule has 1 aromatic heterocycles. The van der Waals surface area contributed by atoms with Gasteiger partial charge in [0.25, 0.3) is 0 Å². The van der Waals surface area contributed by atoms with Gasteiger partial charge >= 0.3 is 0 Å². The third kappa shape index (κ3) is 5.14. The maximum Gasteiger partial charge on any atom is 0.230 e. The topological polar surface area (TPSA) is 79.9 Å². The normalized spacial score (nSPS) is 10.6. The molecule has 0 saturated carbocycles. The second-order valence-corrected chi connectivity index (χ2v) is 5.96. The van der Waals surface area contributed by atoms with Crippen molar-refractivity contribution in [1.29, 1.82) is 0 Å². The number of benzene rings is 1. The number of aromatic nitrogens is 3. The lowest BCUT2D eigenvalue weighted by Crippen LogP contribution is -2.28. The SMILES string of the molecule is COCCNC(=O)CSc1n[nH]c(-c2ccc(Br)cc2)n1. The Morgan fingerprint density at radius 1 is 1.43 bits per heavy atom. The number of hydrogen-bond acceptors (Lipinski definition) is 5. The summed E-state index contributed by atoms with van der Waals surface area (Å²) >= 11 is 4.68. The molecule has 2 aromatic rings. The van der Waals surface area contributed by atoms with Gasteiger partial charge in [-0.25, -0.2) is 4.98 Å². The highest BCUT2D eigenvalue weighted by Gasteiger charge is 2.08. The molecule has 1 amide bonds. The fourth-order valence-electron chi connectivity index (χ4n) is 1.52. The molecule has 6 nitrogen and oxygen atoms in total. The van der Waals surface area contributed by atoms with Crippen molar-refractivity contribution in [2.24, 2.45) is 0 Å². The molecule has 1 aromatic carbocycles. The third-order valence-corrected chi connectivity index (χ3v) is 3.92. The largest absolute Gasteiger partial charge is 0.383 e. The van der Waals surface area contributed by atoms with Crippen molar-refractivity contribution in [2.75, 3.05) is 26.0 Å². The Kier molecular flexibility index (Phi) is 6.21. The van der Waals surface area contributed by atoms with Gasteiger partial charge in [-0.15, -0.1) is 5.10 Å². The average Bonchev–Trinajstić information content (AvgIpc) is 2.95. The molecule has 0 atom stereocenters. The van der Waals surface area contributed by atoms with E-state index < -0.39 is 0 Å². The molecule has 0 aliphatic carbocycles. The van der Waals surface area contributed by atoms with Gasteiger partial charge in [-0.2, -0.15) is 0 Å². The van der Waals surface area contributed by atoms with Crippen molar-refractivity contribution in [1.82, 2.24) is 20.5 Å². The lowest BCUT2D eigenvalue weighted by atomic mass is 10.2. The number of methoxy groups -OCH3 is 1. The van der Waals surface area contributed by atoms with Gasteiger partial charge in [0, 0.05) is 23.7 Å². The first-order valence-electron chi connectivity index (χ1n) is 6.26. The first-order valence-corrected chi connectivity index (χ1v) is 8.03. The molecule has 0 saturated heterocycles. The summed E-state index contributed by atoms with van der Waals surface area (Å²) in [6.07, 6.45) is 0. The summed E-state index contributed by atoms with van der Waals surface area (Å²) in [5, 5.41) is 10.3. The Morgan fingerprint density at radius 3 is 2.90 bits per heavy atom. The predicted molar refractivity (Wildman–Crippen MR) is 85.1 cm³/mol. The van der Waals surface area contributed by atoms with E-state index in [1.54, 1.807) is 7.11 Å². The zero-order valence-corrected chi connectivity index (χ0v) is 13.8. The van der Waals surface area contributed by atoms with Crippen molar-refractivity contribution >= 4 is 33.6 Å². The van der Waals surface area contributed by atoms with Crippen LogP contribution in [-0.2, 0) is 9.53 Å². The molecule has 0 aliphatic heterocycles. The molecule has 0 unspecified atom stereocenters. The monoisotopic (exact) mass is 370 g/mol. The number of carbonyl (C=O) groups excluding carboxylic acids is 1. The molecular formula is C13H15BrN4O2S. The highest BCUT2D eigenvalue weighted by molar-refractivity contribution is 9.10. The van der Waals surface area contributed by atoms with Gasteiger partial charge in [0.15, 0.2) is 5.82 Å². The minimum absolute atomic E-state index is 0.0629. The fourth-order valence-corrected chi connectivity index (χ4v) is 2.41. The molecule has 0 aliphatic rings. The summed E-state index contributed by atoms with van der Waals surface area (Å²) in [5.41, 5.74) is 0.946. The summed E-state index contributed by atoms with van der Waals surface area (Å²) in [4.78, 5) is 15.9. The summed E-state index contributed by atoms with van der Waals surface area (Å²) in [5.74, 6) is 0.901. The van der Waals surface area contributed by atoms with E-state index in [9.17, 15) is 4.79 Å². The Labute approximate surface area is 135 Å². The van der Waals surface area contributed by atoms with Crippen molar-refractivity contribution in [3.8, 4) is 11.4 Å². The van der Waals surface area contributed by atoms with E-state index in [-0.39, 0.29) is 11.7 Å². The van der Waals surface area contributed by atoms with E-state index in [0.29, 0.717) is 24.1 Å². The minimum Gasteiger partial charge on any atom is -0.383 e. The van der Waals surface area contributed by atoms with E-state index in [0.717, 1.165) is 10.0 Å². The maximum absolute atomic E-state index is 11.5. The number of hydrogen-bond donors (Lipinski definition) is 2. The van der Waals surface area contributed by atoms with E-state index >= 15 is 0 Å². The summed E-state index contributed by atoms with van der Waals surface area (Å²) < 4.78 is 5.87. The highest BCUT2D eigenvalue weighted by atomic mass is 79.9. The van der Waals surface area contributed by atoms with Crippen molar-refractivity contribution in [3.05, 3.63) is 28.7 Å². The number of halogens is 1. The molecule has 0 bridgehead atoms. The van der Waals surface area contributed by atoms with Crippen LogP contribution in [0.1, 0.15) is 0 Å². The zero-order chi connectivity index (χ0) is 15.1. The standard InChI is InChI=1S/C13H15BrN4O2S/c1-20-7-6-15-11(19)8-21-13-16-12(17-18-13)9-2-4-10(14)5-3-9/h2-5H,6-8H2,1H3,(H,15,19)(H,16,17,18). The molecule has 21 heavy (non-hydrogen) atoms. The quantitative estimate of drug-likeness (QED) is 0.576. The van der Waals surface area contributed by atoms with Crippen LogP contribution in [0.5, 0.6) is 0 Å². The Morgan fingerprint density at radius 2 is 2.19 bits per heavy atom. The summed E-state index contributed by atoms with van der Waals surface area (Å²) in [6, 6.07) is 7.76. The van der Waals surface area contributed by atoms with Crippen LogP contribution in [0, 0.1) is 0 Å². The number of amides is 1. The number of ether oxygens (including phenoxy) is 1. The van der Waals surface area contributed by atoms with E-state index in [4.69, 9.17) is 4.74 Å². The minimum atomic E-state index is -0.0629. The molecule has 1 heterocycles. The van der Waals surface area contributed by atoms with Crippen molar-refractivity contribution in [3.63, 3.8) is 0 Å².